The van der Waals surface area contributed by atoms with Crippen LogP contribution in [0.2, 0.25) is 0 Å². The second-order valence-corrected chi connectivity index (χ2v) is 7.23. The summed E-state index contributed by atoms with van der Waals surface area (Å²) in [4.78, 5) is 23.7. The fourth-order valence-electron chi connectivity index (χ4n) is 2.71. The van der Waals surface area contributed by atoms with Gasteiger partial charge in [0, 0.05) is 12.6 Å². The molecule has 5 heteroatoms. The summed E-state index contributed by atoms with van der Waals surface area (Å²) in [6, 6.07) is -0.358. The van der Waals surface area contributed by atoms with Crippen molar-refractivity contribution < 1.29 is 14.7 Å². The van der Waals surface area contributed by atoms with Gasteiger partial charge in [-0.3, -0.25) is 9.59 Å². The van der Waals surface area contributed by atoms with E-state index < -0.39 is 11.4 Å². The third kappa shape index (κ3) is 3.72. The van der Waals surface area contributed by atoms with Gasteiger partial charge in [-0.05, 0) is 24.3 Å². The van der Waals surface area contributed by atoms with Crippen LogP contribution in [0.15, 0.2) is 0 Å². The van der Waals surface area contributed by atoms with Crippen molar-refractivity contribution in [3.63, 3.8) is 0 Å². The van der Waals surface area contributed by atoms with Crippen molar-refractivity contribution in [1.82, 2.24) is 10.6 Å². The number of amides is 1. The molecule has 116 valence electrons. The zero-order valence-corrected chi connectivity index (χ0v) is 13.2. The Labute approximate surface area is 121 Å². The minimum Gasteiger partial charge on any atom is -0.481 e. The molecule has 1 aliphatic heterocycles. The summed E-state index contributed by atoms with van der Waals surface area (Å²) in [6.07, 6.45) is 0.761. The molecular weight excluding hydrogens is 256 g/mol. The fraction of sp³-hybridized carbons (Fsp3) is 0.867. The van der Waals surface area contributed by atoms with Crippen LogP contribution in [0.1, 0.15) is 47.5 Å². The maximum Gasteiger partial charge on any atom is 0.305 e. The van der Waals surface area contributed by atoms with Crippen molar-refractivity contribution in [2.45, 2.75) is 53.5 Å². The molecule has 2 unspecified atom stereocenters. The fourth-order valence-corrected chi connectivity index (χ4v) is 2.71. The first-order chi connectivity index (χ1) is 9.09. The first-order valence-corrected chi connectivity index (χ1v) is 7.33. The molecule has 1 amide bonds. The quantitative estimate of drug-likeness (QED) is 0.717. The molecule has 0 aromatic carbocycles. The van der Waals surface area contributed by atoms with E-state index in [0.29, 0.717) is 6.54 Å². The van der Waals surface area contributed by atoms with E-state index in [1.165, 1.54) is 0 Å². The number of carboxylic acids is 1. The second kappa shape index (κ2) is 6.12. The second-order valence-electron chi connectivity index (χ2n) is 7.23. The van der Waals surface area contributed by atoms with Gasteiger partial charge in [0.25, 0.3) is 0 Å². The number of hydrogen-bond donors (Lipinski definition) is 3. The molecule has 0 aromatic heterocycles. The topological polar surface area (TPSA) is 78.4 Å². The maximum absolute atomic E-state index is 12.7. The molecule has 5 nitrogen and oxygen atoms in total. The molecule has 0 aliphatic carbocycles. The molecule has 0 radical (unpaired) electrons. The lowest BCUT2D eigenvalue weighted by molar-refractivity contribution is -0.139. The van der Waals surface area contributed by atoms with Crippen LogP contribution in [0.5, 0.6) is 0 Å². The van der Waals surface area contributed by atoms with E-state index in [9.17, 15) is 9.59 Å². The first kappa shape index (κ1) is 17.0. The lowest BCUT2D eigenvalue weighted by atomic mass is 9.74. The van der Waals surface area contributed by atoms with E-state index in [2.05, 4.69) is 24.5 Å². The van der Waals surface area contributed by atoms with Crippen LogP contribution in [0.3, 0.4) is 0 Å². The number of nitrogens with one attached hydrogen (secondary N) is 2. The van der Waals surface area contributed by atoms with Crippen LogP contribution >= 0.6 is 0 Å². The number of carboxylic acid groups (broad SMARTS) is 1. The molecule has 2 atom stereocenters. The summed E-state index contributed by atoms with van der Waals surface area (Å²) >= 11 is 0. The van der Waals surface area contributed by atoms with E-state index in [1.807, 2.05) is 20.8 Å². The number of carbonyl (C=O) groups excluding carboxylic acids is 1. The molecule has 0 spiro atoms. The van der Waals surface area contributed by atoms with Crippen LogP contribution in [-0.2, 0) is 9.59 Å². The van der Waals surface area contributed by atoms with Gasteiger partial charge in [0.2, 0.25) is 5.91 Å². The number of carbonyl (C=O) groups is 2. The Kier molecular flexibility index (Phi) is 5.19. The normalized spacial score (nSPS) is 24.7. The van der Waals surface area contributed by atoms with Gasteiger partial charge in [0.05, 0.1) is 11.8 Å². The molecule has 20 heavy (non-hydrogen) atoms. The standard InChI is InChI=1S/C15H28N2O3/c1-10(2)15(6-7-16-9-15)13(20)17-11(8-12(18)19)14(3,4)5/h10-11,16H,6-9H2,1-5H3,(H,17,20)(H,18,19). The molecule has 1 fully saturated rings. The zero-order valence-electron chi connectivity index (χ0n) is 13.2. The summed E-state index contributed by atoms with van der Waals surface area (Å²) < 4.78 is 0. The molecule has 1 rings (SSSR count). The van der Waals surface area contributed by atoms with E-state index >= 15 is 0 Å². The summed E-state index contributed by atoms with van der Waals surface area (Å²) in [6.45, 7) is 11.5. The van der Waals surface area contributed by atoms with Crippen LogP contribution in [0, 0.1) is 16.7 Å². The highest BCUT2D eigenvalue weighted by Crippen LogP contribution is 2.35. The van der Waals surface area contributed by atoms with Crippen molar-refractivity contribution in [2.75, 3.05) is 13.1 Å². The Hall–Kier alpha value is -1.10. The van der Waals surface area contributed by atoms with Gasteiger partial charge in [-0.1, -0.05) is 34.6 Å². The highest BCUT2D eigenvalue weighted by molar-refractivity contribution is 5.84. The molecule has 1 heterocycles. The molecule has 1 aliphatic rings. The highest BCUT2D eigenvalue weighted by atomic mass is 16.4. The van der Waals surface area contributed by atoms with Crippen molar-refractivity contribution in [2.24, 2.45) is 16.7 Å². The Morgan fingerprint density at radius 1 is 1.35 bits per heavy atom. The summed E-state index contributed by atoms with van der Waals surface area (Å²) in [5.41, 5.74) is -0.694. The Balaban J connectivity index is 2.87. The average Bonchev–Trinajstić information content (AvgIpc) is 2.76. The van der Waals surface area contributed by atoms with E-state index in [1.54, 1.807) is 0 Å². The molecule has 3 N–H and O–H groups in total. The van der Waals surface area contributed by atoms with Crippen LogP contribution in [0.4, 0.5) is 0 Å². The van der Waals surface area contributed by atoms with Crippen molar-refractivity contribution in [3.05, 3.63) is 0 Å². The number of rotatable bonds is 5. The molecule has 0 bridgehead atoms. The SMILES string of the molecule is CC(C)C1(C(=O)NC(CC(=O)O)C(C)(C)C)CCNC1. The third-order valence-corrected chi connectivity index (χ3v) is 4.48. The Morgan fingerprint density at radius 3 is 2.30 bits per heavy atom. The average molecular weight is 284 g/mol. The predicted molar refractivity (Wildman–Crippen MR) is 78.4 cm³/mol. The highest BCUT2D eigenvalue weighted by Gasteiger charge is 2.45. The Morgan fingerprint density at radius 2 is 1.95 bits per heavy atom. The minimum absolute atomic E-state index is 0.0151. The van der Waals surface area contributed by atoms with Gasteiger partial charge in [0.15, 0.2) is 0 Å². The molecule has 0 saturated carbocycles. The Bertz CT molecular complexity index is 366. The zero-order chi connectivity index (χ0) is 15.6. The van der Waals surface area contributed by atoms with E-state index in [0.717, 1.165) is 13.0 Å². The smallest absolute Gasteiger partial charge is 0.305 e. The van der Waals surface area contributed by atoms with Crippen molar-refractivity contribution in [3.8, 4) is 0 Å². The lowest BCUT2D eigenvalue weighted by Gasteiger charge is -2.37. The maximum atomic E-state index is 12.7. The van der Waals surface area contributed by atoms with Crippen molar-refractivity contribution >= 4 is 11.9 Å². The van der Waals surface area contributed by atoms with E-state index in [-0.39, 0.29) is 29.7 Å². The van der Waals surface area contributed by atoms with Gasteiger partial charge >= 0.3 is 5.97 Å². The van der Waals surface area contributed by atoms with Crippen LogP contribution in [0.25, 0.3) is 0 Å². The van der Waals surface area contributed by atoms with Crippen LogP contribution < -0.4 is 10.6 Å². The minimum atomic E-state index is -0.881. The number of aliphatic carboxylic acids is 1. The summed E-state index contributed by atoms with van der Waals surface area (Å²) in [5.74, 6) is -0.671. The predicted octanol–water partition coefficient (Wildman–Crippen LogP) is 1.63. The van der Waals surface area contributed by atoms with Crippen molar-refractivity contribution in [1.29, 1.82) is 0 Å². The third-order valence-electron chi connectivity index (χ3n) is 4.48. The van der Waals surface area contributed by atoms with Crippen LogP contribution in [-0.4, -0.2) is 36.1 Å². The van der Waals surface area contributed by atoms with E-state index in [4.69, 9.17) is 5.11 Å². The van der Waals surface area contributed by atoms with Gasteiger partial charge in [-0.25, -0.2) is 0 Å². The summed E-state index contributed by atoms with van der Waals surface area (Å²) in [7, 11) is 0. The van der Waals surface area contributed by atoms with Gasteiger partial charge in [-0.2, -0.15) is 0 Å². The van der Waals surface area contributed by atoms with Gasteiger partial charge in [0.1, 0.15) is 0 Å². The monoisotopic (exact) mass is 284 g/mol. The first-order valence-electron chi connectivity index (χ1n) is 7.33. The summed E-state index contributed by atoms with van der Waals surface area (Å²) in [5, 5.41) is 15.3. The van der Waals surface area contributed by atoms with Gasteiger partial charge < -0.3 is 15.7 Å². The molecule has 0 aromatic rings. The lowest BCUT2D eigenvalue weighted by Crippen LogP contribution is -2.53. The molecular formula is C15H28N2O3. The molecule has 1 saturated heterocycles. The number of hydrogen-bond acceptors (Lipinski definition) is 3. The van der Waals surface area contributed by atoms with Gasteiger partial charge in [-0.15, -0.1) is 0 Å². The largest absolute Gasteiger partial charge is 0.481 e.